The predicted molar refractivity (Wildman–Crippen MR) is 72.5 cm³/mol. The van der Waals surface area contributed by atoms with Gasteiger partial charge in [-0.1, -0.05) is 0 Å². The van der Waals surface area contributed by atoms with E-state index in [2.05, 4.69) is 58.1 Å². The van der Waals surface area contributed by atoms with Crippen LogP contribution in [-0.4, -0.2) is 7.37 Å². The van der Waals surface area contributed by atoms with Gasteiger partial charge in [0.2, 0.25) is 0 Å². The fraction of sp³-hybridized carbons (Fsp3) is 0.429. The molecule has 0 radical (unpaired) electrons. The van der Waals surface area contributed by atoms with E-state index in [-0.39, 0.29) is 0 Å². The topological polar surface area (TPSA) is 0 Å². The second-order valence-corrected chi connectivity index (χ2v) is 19.2. The zero-order chi connectivity index (χ0) is 11.9. The maximum absolute atomic E-state index is 2.58. The standard InChI is InChI=1S/C9H13.C5H5.H3Si.Zr/c1-6-5-7(2)9(4)8(6)3;1-2-4-5-3-1;;/h5H,1-4H3;1-5H;1H3;. The summed E-state index contributed by atoms with van der Waals surface area (Å²) in [5.74, 6) is 0. The number of rotatable bonds is 2. The second-order valence-electron chi connectivity index (χ2n) is 5.26. The first-order valence-corrected chi connectivity index (χ1v) is 17.1. The van der Waals surface area contributed by atoms with Crippen molar-refractivity contribution >= 4 is 7.37 Å². The van der Waals surface area contributed by atoms with Crippen LogP contribution in [0.1, 0.15) is 27.7 Å². The van der Waals surface area contributed by atoms with Gasteiger partial charge in [0.15, 0.2) is 0 Å². The van der Waals surface area contributed by atoms with Crippen LogP contribution in [0.3, 0.4) is 0 Å². The van der Waals surface area contributed by atoms with E-state index in [0.717, 1.165) is 3.63 Å². The fourth-order valence-electron chi connectivity index (χ4n) is 2.81. The van der Waals surface area contributed by atoms with Gasteiger partial charge < -0.3 is 0 Å². The third-order valence-electron chi connectivity index (χ3n) is 4.51. The summed E-state index contributed by atoms with van der Waals surface area (Å²) in [6, 6.07) is 0. The number of hydrogen-bond acceptors (Lipinski definition) is 0. The van der Waals surface area contributed by atoms with Crippen molar-refractivity contribution in [1.29, 1.82) is 0 Å². The maximum atomic E-state index is 2.58. The van der Waals surface area contributed by atoms with E-state index in [1.807, 2.05) is 0 Å². The van der Waals surface area contributed by atoms with E-state index in [4.69, 9.17) is 0 Å². The molecule has 0 aliphatic heterocycles. The Balaban J connectivity index is 2.34. The summed E-state index contributed by atoms with van der Waals surface area (Å²) in [5.41, 5.74) is 4.76. The normalized spacial score (nSPS) is 29.4. The second kappa shape index (κ2) is 4.38. The molecular weight excluding hydrogens is 287 g/mol. The first-order chi connectivity index (χ1) is 7.47. The predicted octanol–water partition coefficient (Wildman–Crippen LogP) is 3.27. The van der Waals surface area contributed by atoms with E-state index in [0.29, 0.717) is 3.12 Å². The molecule has 0 nitrogen and oxygen atoms in total. The molecule has 0 N–H and O–H groups in total. The van der Waals surface area contributed by atoms with Gasteiger partial charge in [-0.15, -0.1) is 0 Å². The summed E-state index contributed by atoms with van der Waals surface area (Å²) in [7, 11) is 1.43. The summed E-state index contributed by atoms with van der Waals surface area (Å²) in [6.07, 6.45) is 11.9. The molecule has 16 heavy (non-hydrogen) atoms. The van der Waals surface area contributed by atoms with Crippen LogP contribution in [0, 0.1) is 0 Å². The van der Waals surface area contributed by atoms with Crippen molar-refractivity contribution in [2.24, 2.45) is 0 Å². The van der Waals surface area contributed by atoms with Gasteiger partial charge in [0, 0.05) is 0 Å². The van der Waals surface area contributed by atoms with Crippen molar-refractivity contribution in [3.05, 3.63) is 47.1 Å². The van der Waals surface area contributed by atoms with Crippen LogP contribution in [0.25, 0.3) is 0 Å². The summed E-state index contributed by atoms with van der Waals surface area (Å²) in [5, 5.41) is 0. The number of hydrogen-bond donors (Lipinski definition) is 0. The molecule has 0 bridgehead atoms. The molecule has 2 aliphatic carbocycles. The third kappa shape index (κ3) is 1.84. The molecule has 2 aliphatic rings. The average molecular weight is 309 g/mol. The Kier molecular flexibility index (Phi) is 3.43. The van der Waals surface area contributed by atoms with Crippen LogP contribution >= 0.6 is 0 Å². The summed E-state index contributed by atoms with van der Waals surface area (Å²) < 4.78 is 1.34. The van der Waals surface area contributed by atoms with Crippen molar-refractivity contribution in [2.45, 2.75) is 34.4 Å². The van der Waals surface area contributed by atoms with Gasteiger partial charge in [-0.3, -0.25) is 0 Å². The molecule has 0 amide bonds. The summed E-state index contributed by atoms with van der Waals surface area (Å²) in [4.78, 5) is 0. The van der Waals surface area contributed by atoms with Crippen LogP contribution in [0.5, 0.6) is 0 Å². The van der Waals surface area contributed by atoms with E-state index in [1.54, 1.807) is 11.1 Å². The zero-order valence-electron chi connectivity index (χ0n) is 11.0. The summed E-state index contributed by atoms with van der Waals surface area (Å²) in [6.45, 7) is 9.44. The van der Waals surface area contributed by atoms with Crippen molar-refractivity contribution in [2.75, 3.05) is 0 Å². The first-order valence-electron chi connectivity index (χ1n) is 6.03. The molecule has 0 saturated heterocycles. The molecule has 2 rings (SSSR count). The van der Waals surface area contributed by atoms with Crippen molar-refractivity contribution in [3.63, 3.8) is 0 Å². The molecule has 0 aromatic heterocycles. The van der Waals surface area contributed by atoms with Gasteiger partial charge in [-0.05, 0) is 0 Å². The van der Waals surface area contributed by atoms with Crippen LogP contribution < -0.4 is 0 Å². The molecule has 0 fully saturated rings. The molecule has 0 saturated carbocycles. The van der Waals surface area contributed by atoms with Gasteiger partial charge in [-0.25, -0.2) is 0 Å². The Morgan fingerprint density at radius 1 is 1.19 bits per heavy atom. The van der Waals surface area contributed by atoms with Gasteiger partial charge in [-0.2, -0.15) is 0 Å². The zero-order valence-corrected chi connectivity index (χ0v) is 15.4. The van der Waals surface area contributed by atoms with Crippen molar-refractivity contribution in [3.8, 4) is 0 Å². The van der Waals surface area contributed by atoms with Gasteiger partial charge in [0.1, 0.15) is 0 Å². The molecule has 0 aromatic rings. The number of allylic oxidation sites excluding steroid dienone is 8. The molecule has 1 unspecified atom stereocenters. The molecule has 85 valence electrons. The average Bonchev–Trinajstić information content (AvgIpc) is 2.83. The van der Waals surface area contributed by atoms with E-state index in [1.165, 1.54) is 12.9 Å². The van der Waals surface area contributed by atoms with Gasteiger partial charge in [0.25, 0.3) is 0 Å². The molecule has 1 atom stereocenters. The van der Waals surface area contributed by atoms with E-state index in [9.17, 15) is 0 Å². The third-order valence-corrected chi connectivity index (χ3v) is 23.3. The van der Waals surface area contributed by atoms with Crippen LogP contribution in [0.15, 0.2) is 47.1 Å². The Labute approximate surface area is 109 Å². The Morgan fingerprint density at radius 3 is 2.19 bits per heavy atom. The molecule has 2 heteroatoms. The fourth-order valence-corrected chi connectivity index (χ4v) is 14.8. The monoisotopic (exact) mass is 307 g/mol. The Morgan fingerprint density at radius 2 is 1.75 bits per heavy atom. The van der Waals surface area contributed by atoms with Crippen LogP contribution in [0.4, 0.5) is 0 Å². The molecular formula is C14H21SiZr. The van der Waals surface area contributed by atoms with Crippen molar-refractivity contribution in [1.82, 2.24) is 0 Å². The summed E-state index contributed by atoms with van der Waals surface area (Å²) >= 11 is -1.35. The Bertz CT molecular complexity index is 416. The van der Waals surface area contributed by atoms with Crippen molar-refractivity contribution < 1.29 is 20.9 Å². The van der Waals surface area contributed by atoms with Gasteiger partial charge >= 0.3 is 110 Å². The Hall–Kier alpha value is 0.0600. The van der Waals surface area contributed by atoms with E-state index < -0.39 is 20.9 Å². The van der Waals surface area contributed by atoms with E-state index >= 15 is 0 Å². The SMILES string of the molecule is CC1=C[C](C)([Zr]([SiH3])[CH]2C=CC=C2)C(C)=C1C. The minimum absolute atomic E-state index is 0.492. The first kappa shape index (κ1) is 12.5. The molecule has 0 heterocycles. The van der Waals surface area contributed by atoms with Crippen LogP contribution in [0.2, 0.25) is 6.75 Å². The van der Waals surface area contributed by atoms with Crippen LogP contribution in [-0.2, 0) is 20.9 Å². The molecule has 0 aromatic carbocycles. The quantitative estimate of drug-likeness (QED) is 0.687. The molecule has 0 spiro atoms. The minimum atomic E-state index is -1.35. The van der Waals surface area contributed by atoms with Gasteiger partial charge in [0.05, 0.1) is 0 Å².